The van der Waals surface area contributed by atoms with E-state index in [1.807, 2.05) is 13.0 Å². The highest BCUT2D eigenvalue weighted by atomic mass is 32.2. The molecule has 2 N–H and O–H groups in total. The molecular weight excluding hydrogens is 398 g/mol. The van der Waals surface area contributed by atoms with Gasteiger partial charge in [-0.1, -0.05) is 19.1 Å². The van der Waals surface area contributed by atoms with E-state index in [2.05, 4.69) is 21.9 Å². The number of carbonyl (C=O) groups is 1. The third-order valence-corrected chi connectivity index (χ3v) is 7.01. The van der Waals surface area contributed by atoms with Gasteiger partial charge in [0, 0.05) is 30.9 Å². The fourth-order valence-corrected chi connectivity index (χ4v) is 5.21. The van der Waals surface area contributed by atoms with Gasteiger partial charge < -0.3 is 10.2 Å². The number of hydrogen-bond donors (Lipinski definition) is 2. The summed E-state index contributed by atoms with van der Waals surface area (Å²) in [6.07, 6.45) is 2.50. The molecule has 0 aliphatic carbocycles. The number of benzene rings is 2. The van der Waals surface area contributed by atoms with Gasteiger partial charge in [0.15, 0.2) is 0 Å². The third-order valence-electron chi connectivity index (χ3n) is 5.49. The van der Waals surface area contributed by atoms with E-state index in [4.69, 9.17) is 0 Å². The molecule has 1 heterocycles. The maximum atomic E-state index is 12.7. The molecule has 1 saturated heterocycles. The van der Waals surface area contributed by atoms with Crippen molar-refractivity contribution in [2.24, 2.45) is 5.92 Å². The first-order valence-electron chi connectivity index (χ1n) is 10.5. The molecule has 0 unspecified atom stereocenters. The van der Waals surface area contributed by atoms with Crippen LogP contribution in [0, 0.1) is 19.8 Å². The second-order valence-corrected chi connectivity index (χ2v) is 9.91. The molecule has 30 heavy (non-hydrogen) atoms. The Labute approximate surface area is 179 Å². The molecule has 0 saturated carbocycles. The molecule has 1 aliphatic heterocycles. The average Bonchev–Trinajstić information content (AvgIpc) is 2.70. The lowest BCUT2D eigenvalue weighted by atomic mass is 10.0. The largest absolute Gasteiger partial charge is 0.351 e. The standard InChI is InChI=1S/C23H31N3O3S/c1-17-6-7-19(3)22(15-17)30(28,29)25-21-10-8-20(9-11-21)23(27)24-12-14-26-13-4-5-18(2)16-26/h6-11,15,18,25H,4-5,12-14,16H2,1-3H3,(H,24,27)/t18-/m1/s1. The number of rotatable bonds is 7. The zero-order valence-electron chi connectivity index (χ0n) is 17.9. The smallest absolute Gasteiger partial charge is 0.262 e. The first-order chi connectivity index (χ1) is 14.2. The summed E-state index contributed by atoms with van der Waals surface area (Å²) < 4.78 is 28.0. The van der Waals surface area contributed by atoms with Crippen molar-refractivity contribution >= 4 is 21.6 Å². The minimum absolute atomic E-state index is 0.149. The van der Waals surface area contributed by atoms with Crippen LogP contribution in [0.3, 0.4) is 0 Å². The van der Waals surface area contributed by atoms with Crippen LogP contribution in [-0.4, -0.2) is 45.4 Å². The van der Waals surface area contributed by atoms with E-state index in [0.29, 0.717) is 23.4 Å². The summed E-state index contributed by atoms with van der Waals surface area (Å²) in [4.78, 5) is 15.0. The quantitative estimate of drug-likeness (QED) is 0.705. The van der Waals surface area contributed by atoms with Crippen molar-refractivity contribution in [3.05, 3.63) is 59.2 Å². The van der Waals surface area contributed by atoms with E-state index in [1.54, 1.807) is 43.3 Å². The minimum atomic E-state index is -3.69. The first kappa shape index (κ1) is 22.3. The molecule has 2 aromatic rings. The van der Waals surface area contributed by atoms with Crippen LogP contribution in [-0.2, 0) is 10.0 Å². The summed E-state index contributed by atoms with van der Waals surface area (Å²) in [6.45, 7) is 9.53. The summed E-state index contributed by atoms with van der Waals surface area (Å²) in [5.41, 5.74) is 2.51. The van der Waals surface area contributed by atoms with E-state index in [-0.39, 0.29) is 10.8 Å². The first-order valence-corrected chi connectivity index (χ1v) is 11.9. The van der Waals surface area contributed by atoms with Gasteiger partial charge in [0.05, 0.1) is 4.90 Å². The SMILES string of the molecule is Cc1ccc(C)c(S(=O)(=O)Nc2ccc(C(=O)NCCN3CCC[C@@H](C)C3)cc2)c1. The molecule has 1 atom stereocenters. The van der Waals surface area contributed by atoms with Crippen molar-refractivity contribution in [3.63, 3.8) is 0 Å². The molecule has 0 spiro atoms. The number of carbonyl (C=O) groups excluding carboxylic acids is 1. The summed E-state index contributed by atoms with van der Waals surface area (Å²) in [5, 5.41) is 2.95. The van der Waals surface area contributed by atoms with E-state index < -0.39 is 10.0 Å². The number of hydrogen-bond acceptors (Lipinski definition) is 4. The van der Waals surface area contributed by atoms with E-state index in [9.17, 15) is 13.2 Å². The highest BCUT2D eigenvalue weighted by Gasteiger charge is 2.18. The average molecular weight is 430 g/mol. The van der Waals surface area contributed by atoms with Crippen molar-refractivity contribution in [1.29, 1.82) is 0 Å². The van der Waals surface area contributed by atoms with Crippen molar-refractivity contribution in [3.8, 4) is 0 Å². The number of nitrogens with zero attached hydrogens (tertiary/aromatic N) is 1. The maximum absolute atomic E-state index is 12.7. The molecule has 0 aromatic heterocycles. The predicted octanol–water partition coefficient (Wildman–Crippen LogP) is 3.57. The summed E-state index contributed by atoms with van der Waals surface area (Å²) >= 11 is 0. The molecule has 1 fully saturated rings. The molecule has 2 aromatic carbocycles. The summed E-state index contributed by atoms with van der Waals surface area (Å²) in [7, 11) is -3.69. The Kier molecular flexibility index (Phi) is 7.15. The summed E-state index contributed by atoms with van der Waals surface area (Å²) in [5.74, 6) is 0.568. The fraction of sp³-hybridized carbons (Fsp3) is 0.435. The van der Waals surface area contributed by atoms with Gasteiger partial charge in [-0.25, -0.2) is 8.42 Å². The highest BCUT2D eigenvalue weighted by Crippen LogP contribution is 2.21. The second-order valence-electron chi connectivity index (χ2n) is 8.26. The molecule has 3 rings (SSSR count). The van der Waals surface area contributed by atoms with Gasteiger partial charge >= 0.3 is 0 Å². The normalized spacial score (nSPS) is 17.5. The van der Waals surface area contributed by atoms with E-state index in [0.717, 1.165) is 31.1 Å². The van der Waals surface area contributed by atoms with E-state index >= 15 is 0 Å². The fourth-order valence-electron chi connectivity index (χ4n) is 3.82. The Hall–Kier alpha value is -2.38. The molecule has 0 bridgehead atoms. The van der Waals surface area contributed by atoms with Crippen LogP contribution < -0.4 is 10.0 Å². The van der Waals surface area contributed by atoms with Crippen LogP contribution in [0.25, 0.3) is 0 Å². The van der Waals surface area contributed by atoms with Crippen molar-refractivity contribution < 1.29 is 13.2 Å². The maximum Gasteiger partial charge on any atom is 0.262 e. The van der Waals surface area contributed by atoms with Crippen molar-refractivity contribution in [1.82, 2.24) is 10.2 Å². The number of sulfonamides is 1. The summed E-state index contributed by atoms with van der Waals surface area (Å²) in [6, 6.07) is 11.8. The van der Waals surface area contributed by atoms with Crippen LogP contribution in [0.4, 0.5) is 5.69 Å². The number of nitrogens with one attached hydrogen (secondary N) is 2. The van der Waals surface area contributed by atoms with Crippen LogP contribution in [0.15, 0.2) is 47.4 Å². The van der Waals surface area contributed by atoms with Crippen molar-refractivity contribution in [2.75, 3.05) is 30.9 Å². The highest BCUT2D eigenvalue weighted by molar-refractivity contribution is 7.92. The van der Waals surface area contributed by atoms with Gasteiger partial charge in [-0.3, -0.25) is 9.52 Å². The molecule has 0 radical (unpaired) electrons. The number of piperidine rings is 1. The van der Waals surface area contributed by atoms with Gasteiger partial charge in [-0.15, -0.1) is 0 Å². The van der Waals surface area contributed by atoms with Crippen LogP contribution in [0.2, 0.25) is 0 Å². The Morgan fingerprint density at radius 1 is 1.13 bits per heavy atom. The Morgan fingerprint density at radius 2 is 1.87 bits per heavy atom. The van der Waals surface area contributed by atoms with Gasteiger partial charge in [0.2, 0.25) is 0 Å². The molecular formula is C23H31N3O3S. The van der Waals surface area contributed by atoms with Gasteiger partial charge in [0.1, 0.15) is 0 Å². The number of anilines is 1. The monoisotopic (exact) mass is 429 g/mol. The van der Waals surface area contributed by atoms with Gasteiger partial charge in [-0.05, 0) is 80.6 Å². The van der Waals surface area contributed by atoms with Crippen LogP contribution >= 0.6 is 0 Å². The predicted molar refractivity (Wildman–Crippen MR) is 120 cm³/mol. The molecule has 1 aliphatic rings. The molecule has 162 valence electrons. The van der Waals surface area contributed by atoms with Gasteiger partial charge in [-0.2, -0.15) is 0 Å². The Morgan fingerprint density at radius 3 is 2.57 bits per heavy atom. The van der Waals surface area contributed by atoms with Crippen molar-refractivity contribution in [2.45, 2.75) is 38.5 Å². The Bertz CT molecular complexity index is 987. The lowest BCUT2D eigenvalue weighted by Crippen LogP contribution is -2.40. The number of aryl methyl sites for hydroxylation is 2. The Balaban J connectivity index is 1.56. The number of likely N-dealkylation sites (tertiary alicyclic amines) is 1. The van der Waals surface area contributed by atoms with Crippen LogP contribution in [0.5, 0.6) is 0 Å². The number of amides is 1. The minimum Gasteiger partial charge on any atom is -0.351 e. The van der Waals surface area contributed by atoms with Gasteiger partial charge in [0.25, 0.3) is 15.9 Å². The molecule has 6 nitrogen and oxygen atoms in total. The van der Waals surface area contributed by atoms with E-state index in [1.165, 1.54) is 12.8 Å². The zero-order valence-corrected chi connectivity index (χ0v) is 18.8. The third kappa shape index (κ3) is 5.83. The lowest BCUT2D eigenvalue weighted by Gasteiger charge is -2.30. The van der Waals surface area contributed by atoms with Crippen LogP contribution in [0.1, 0.15) is 41.3 Å². The zero-order chi connectivity index (χ0) is 21.7. The lowest BCUT2D eigenvalue weighted by molar-refractivity contribution is 0.0944. The second kappa shape index (κ2) is 9.62. The molecule has 7 heteroatoms. The topological polar surface area (TPSA) is 78.5 Å². The molecule has 1 amide bonds.